The van der Waals surface area contributed by atoms with Crippen molar-refractivity contribution in [2.24, 2.45) is 0 Å². The van der Waals surface area contributed by atoms with Gasteiger partial charge in [0.1, 0.15) is 0 Å². The highest BCUT2D eigenvalue weighted by Gasteiger charge is 1.94. The molecule has 4 nitrogen and oxygen atoms in total. The van der Waals surface area contributed by atoms with E-state index in [-0.39, 0.29) is 6.61 Å². The lowest BCUT2D eigenvalue weighted by Gasteiger charge is -1.91. The number of hydrogen-bond donors (Lipinski definition) is 1. The average Bonchev–Trinajstić information content (AvgIpc) is 1.97. The zero-order chi connectivity index (χ0) is 8.69. The monoisotopic (exact) mass is 154 g/mol. The second-order valence-electron chi connectivity index (χ2n) is 1.48. The maximum absolute atomic E-state index is 10.4. The Morgan fingerprint density at radius 3 is 2.64 bits per heavy atom. The van der Waals surface area contributed by atoms with Gasteiger partial charge in [0.05, 0.1) is 0 Å². The Balaban J connectivity index is 3.71. The second kappa shape index (κ2) is 5.06. The van der Waals surface area contributed by atoms with Crippen LogP contribution in [-0.4, -0.2) is 23.7 Å². The van der Waals surface area contributed by atoms with Crippen molar-refractivity contribution >= 4 is 11.9 Å². The summed E-state index contributed by atoms with van der Waals surface area (Å²) in [6, 6.07) is 0. The van der Waals surface area contributed by atoms with Crippen LogP contribution in [0.15, 0.2) is 12.2 Å². The van der Waals surface area contributed by atoms with Gasteiger partial charge in [-0.05, 0) is 0 Å². The highest BCUT2D eigenvalue weighted by atomic mass is 16.5. The van der Waals surface area contributed by atoms with Gasteiger partial charge in [-0.3, -0.25) is 0 Å². The molecule has 1 N–H and O–H groups in total. The topological polar surface area (TPSA) is 63.6 Å². The van der Waals surface area contributed by atoms with Crippen molar-refractivity contribution in [3.63, 3.8) is 0 Å². The molecule has 4 heteroatoms. The van der Waals surface area contributed by atoms with Gasteiger partial charge >= 0.3 is 11.9 Å². The molecule has 0 unspecified atom stereocenters. The average molecular weight is 154 g/mol. The van der Waals surface area contributed by atoms with Crippen LogP contribution in [0.5, 0.6) is 0 Å². The molecule has 0 aromatic heterocycles. The van der Waals surface area contributed by atoms with E-state index in [9.17, 15) is 9.59 Å². The lowest BCUT2D eigenvalue weighted by molar-refractivity contribution is -0.137. The van der Waals surface area contributed by atoms with E-state index in [1.165, 1.54) is 0 Å². The molecule has 0 saturated heterocycles. The summed E-state index contributed by atoms with van der Waals surface area (Å²) in [6.45, 7) is -0.150. The molecule has 0 amide bonds. The molecule has 0 radical (unpaired) electrons. The number of carboxylic acids is 1. The predicted molar refractivity (Wildman–Crippen MR) is 36.6 cm³/mol. The molecule has 0 aromatic rings. The van der Waals surface area contributed by atoms with Gasteiger partial charge in [0, 0.05) is 12.2 Å². The summed E-state index contributed by atoms with van der Waals surface area (Å²) >= 11 is 0. The van der Waals surface area contributed by atoms with Crippen molar-refractivity contribution in [1.82, 2.24) is 0 Å². The summed E-state index contributed by atoms with van der Waals surface area (Å²) in [5.74, 6) is 0.0971. The van der Waals surface area contributed by atoms with Crippen LogP contribution in [0.25, 0.3) is 0 Å². The zero-order valence-electron chi connectivity index (χ0n) is 5.61. The lowest BCUT2D eigenvalue weighted by Crippen LogP contribution is -2.01. The van der Waals surface area contributed by atoms with Crippen LogP contribution >= 0.6 is 0 Å². The first-order valence-electron chi connectivity index (χ1n) is 2.68. The van der Waals surface area contributed by atoms with Crippen LogP contribution in [0.4, 0.5) is 0 Å². The van der Waals surface area contributed by atoms with Gasteiger partial charge in [0.2, 0.25) is 0 Å². The van der Waals surface area contributed by atoms with Gasteiger partial charge < -0.3 is 9.84 Å². The number of hydrogen-bond acceptors (Lipinski definition) is 3. The van der Waals surface area contributed by atoms with Crippen LogP contribution < -0.4 is 0 Å². The summed E-state index contributed by atoms with van der Waals surface area (Å²) in [6.07, 6.45) is 6.24. The maximum Gasteiger partial charge on any atom is 0.331 e. The van der Waals surface area contributed by atoms with Crippen molar-refractivity contribution in [2.75, 3.05) is 6.61 Å². The first-order valence-corrected chi connectivity index (χ1v) is 2.68. The molecule has 11 heavy (non-hydrogen) atoms. The number of esters is 1. The fourth-order valence-corrected chi connectivity index (χ4v) is 0.300. The minimum absolute atomic E-state index is 0.150. The molecule has 0 aliphatic rings. The minimum atomic E-state index is -1.21. The number of carbonyl (C=O) groups is 2. The molecule has 0 fully saturated rings. The predicted octanol–water partition coefficient (Wildman–Crippen LogP) is -0.196. The van der Waals surface area contributed by atoms with Gasteiger partial charge in [0.25, 0.3) is 0 Å². The number of terminal acetylenes is 1. The summed E-state index contributed by atoms with van der Waals surface area (Å²) in [4.78, 5) is 20.3. The van der Waals surface area contributed by atoms with Crippen molar-refractivity contribution in [3.8, 4) is 12.3 Å². The number of carbonyl (C=O) groups excluding carboxylic acids is 1. The van der Waals surface area contributed by atoms with Crippen LogP contribution in [0.3, 0.4) is 0 Å². The molecule has 0 bridgehead atoms. The fourth-order valence-electron chi connectivity index (χ4n) is 0.300. The van der Waals surface area contributed by atoms with Crippen LogP contribution in [-0.2, 0) is 14.3 Å². The molecule has 58 valence electrons. The summed E-state index contributed by atoms with van der Waals surface area (Å²) < 4.78 is 4.32. The zero-order valence-corrected chi connectivity index (χ0v) is 5.61. The third-order valence-corrected chi connectivity index (χ3v) is 0.660. The molecule has 0 aliphatic carbocycles. The van der Waals surface area contributed by atoms with Crippen LogP contribution in [0.1, 0.15) is 0 Å². The van der Waals surface area contributed by atoms with Gasteiger partial charge in [-0.2, -0.15) is 0 Å². The van der Waals surface area contributed by atoms with Crippen LogP contribution in [0.2, 0.25) is 0 Å². The lowest BCUT2D eigenvalue weighted by atomic mass is 10.5. The molecular weight excluding hydrogens is 148 g/mol. The van der Waals surface area contributed by atoms with Crippen molar-refractivity contribution in [1.29, 1.82) is 0 Å². The molecule has 0 spiro atoms. The van der Waals surface area contributed by atoms with Crippen LogP contribution in [0, 0.1) is 12.3 Å². The highest BCUT2D eigenvalue weighted by molar-refractivity contribution is 5.90. The van der Waals surface area contributed by atoms with E-state index < -0.39 is 11.9 Å². The maximum atomic E-state index is 10.4. The van der Waals surface area contributed by atoms with Crippen molar-refractivity contribution in [3.05, 3.63) is 12.2 Å². The Bertz CT molecular complexity index is 221. The Morgan fingerprint density at radius 1 is 1.55 bits per heavy atom. The van der Waals surface area contributed by atoms with E-state index in [1.54, 1.807) is 0 Å². The minimum Gasteiger partial charge on any atom is -0.478 e. The third kappa shape index (κ3) is 6.12. The third-order valence-electron chi connectivity index (χ3n) is 0.660. The first kappa shape index (κ1) is 9.24. The number of aliphatic carboxylic acids is 1. The molecule has 0 rings (SSSR count). The summed E-state index contributed by atoms with van der Waals surface area (Å²) in [5, 5.41) is 8.05. The molecule has 0 aromatic carbocycles. The molecule has 0 saturated carbocycles. The molecule has 0 heterocycles. The van der Waals surface area contributed by atoms with Crippen molar-refractivity contribution in [2.45, 2.75) is 0 Å². The molecule has 0 aliphatic heterocycles. The number of rotatable bonds is 3. The van der Waals surface area contributed by atoms with E-state index in [0.717, 1.165) is 6.08 Å². The van der Waals surface area contributed by atoms with Gasteiger partial charge in [-0.25, -0.2) is 9.59 Å². The van der Waals surface area contributed by atoms with E-state index >= 15 is 0 Å². The van der Waals surface area contributed by atoms with Gasteiger partial charge in [-0.1, -0.05) is 5.92 Å². The summed E-state index contributed by atoms with van der Waals surface area (Å²) in [7, 11) is 0. The second-order valence-corrected chi connectivity index (χ2v) is 1.48. The van der Waals surface area contributed by atoms with E-state index in [0.29, 0.717) is 6.08 Å². The summed E-state index contributed by atoms with van der Waals surface area (Å²) in [5.41, 5.74) is 0. The van der Waals surface area contributed by atoms with E-state index in [2.05, 4.69) is 10.7 Å². The molecule has 0 atom stereocenters. The van der Waals surface area contributed by atoms with E-state index in [1.807, 2.05) is 0 Å². The highest BCUT2D eigenvalue weighted by Crippen LogP contribution is 1.80. The van der Waals surface area contributed by atoms with Gasteiger partial charge in [0.15, 0.2) is 6.61 Å². The van der Waals surface area contributed by atoms with E-state index in [4.69, 9.17) is 11.5 Å². The largest absolute Gasteiger partial charge is 0.478 e. The number of ether oxygens (including phenoxy) is 1. The fraction of sp³-hybridized carbons (Fsp3) is 0.143. The Kier molecular flexibility index (Phi) is 4.25. The standard InChI is InChI=1S/C7H6O4/c1-2-5-11-7(10)4-3-6(8)9/h1,3-4H,5H2,(H,8,9)/b4-3-. The normalized spacial score (nSPS) is 9.00. The molecular formula is C7H6O4. The SMILES string of the molecule is C#CCOC(=O)/C=C\C(=O)O. The Morgan fingerprint density at radius 2 is 2.18 bits per heavy atom. The number of carboxylic acid groups (broad SMARTS) is 1. The Hall–Kier alpha value is -1.76. The van der Waals surface area contributed by atoms with Crippen molar-refractivity contribution < 1.29 is 19.4 Å². The Labute approximate surface area is 63.5 Å². The first-order chi connectivity index (χ1) is 5.16. The smallest absolute Gasteiger partial charge is 0.331 e. The van der Waals surface area contributed by atoms with Gasteiger partial charge in [-0.15, -0.1) is 6.42 Å². The quantitative estimate of drug-likeness (QED) is 0.347.